The van der Waals surface area contributed by atoms with Gasteiger partial charge in [0.15, 0.2) is 0 Å². The molecule has 0 spiro atoms. The monoisotopic (exact) mass is 237 g/mol. The maximum atomic E-state index is 5.70. The summed E-state index contributed by atoms with van der Waals surface area (Å²) < 4.78 is 10.8. The summed E-state index contributed by atoms with van der Waals surface area (Å²) in [6, 6.07) is 7.70. The van der Waals surface area contributed by atoms with Crippen molar-refractivity contribution in [3.8, 4) is 11.5 Å². The van der Waals surface area contributed by atoms with Gasteiger partial charge in [0.25, 0.3) is 0 Å². The van der Waals surface area contributed by atoms with E-state index in [1.165, 1.54) is 6.42 Å². The van der Waals surface area contributed by atoms with E-state index in [0.717, 1.165) is 31.2 Å². The molecule has 0 aromatic heterocycles. The number of nitrogens with one attached hydrogen (secondary N) is 1. The molecule has 96 valence electrons. The molecule has 1 rings (SSSR count). The molecule has 1 aromatic carbocycles. The van der Waals surface area contributed by atoms with Crippen LogP contribution in [0.3, 0.4) is 0 Å². The van der Waals surface area contributed by atoms with Crippen LogP contribution in [0.2, 0.25) is 0 Å². The van der Waals surface area contributed by atoms with Crippen LogP contribution in [-0.4, -0.2) is 26.8 Å². The first-order chi connectivity index (χ1) is 8.26. The van der Waals surface area contributed by atoms with E-state index in [2.05, 4.69) is 19.2 Å². The maximum absolute atomic E-state index is 5.70. The molecule has 17 heavy (non-hydrogen) atoms. The SMILES string of the molecule is CCCNCC(C)COc1ccc(OC)cc1. The van der Waals surface area contributed by atoms with Gasteiger partial charge in [-0.1, -0.05) is 13.8 Å². The van der Waals surface area contributed by atoms with Crippen molar-refractivity contribution in [1.82, 2.24) is 5.32 Å². The molecule has 0 radical (unpaired) electrons. The van der Waals surface area contributed by atoms with Crippen LogP contribution in [-0.2, 0) is 0 Å². The topological polar surface area (TPSA) is 30.5 Å². The van der Waals surface area contributed by atoms with Crippen molar-refractivity contribution < 1.29 is 9.47 Å². The fourth-order valence-electron chi connectivity index (χ4n) is 1.49. The average molecular weight is 237 g/mol. The number of rotatable bonds is 8. The zero-order valence-corrected chi connectivity index (χ0v) is 11.0. The molecular formula is C14H23NO2. The van der Waals surface area contributed by atoms with E-state index in [0.29, 0.717) is 5.92 Å². The Morgan fingerprint density at radius 2 is 1.82 bits per heavy atom. The van der Waals surface area contributed by atoms with Gasteiger partial charge in [-0.2, -0.15) is 0 Å². The number of hydrogen-bond acceptors (Lipinski definition) is 3. The fourth-order valence-corrected chi connectivity index (χ4v) is 1.49. The Balaban J connectivity index is 2.24. The van der Waals surface area contributed by atoms with E-state index in [-0.39, 0.29) is 0 Å². The van der Waals surface area contributed by atoms with Gasteiger partial charge in [0.2, 0.25) is 0 Å². The van der Waals surface area contributed by atoms with Crippen molar-refractivity contribution >= 4 is 0 Å². The van der Waals surface area contributed by atoms with Crippen LogP contribution in [0.25, 0.3) is 0 Å². The molecule has 0 saturated heterocycles. The second-order valence-corrected chi connectivity index (χ2v) is 4.30. The first-order valence-electron chi connectivity index (χ1n) is 6.23. The zero-order valence-electron chi connectivity index (χ0n) is 11.0. The smallest absolute Gasteiger partial charge is 0.119 e. The maximum Gasteiger partial charge on any atom is 0.119 e. The molecule has 0 fully saturated rings. The highest BCUT2D eigenvalue weighted by molar-refractivity contribution is 5.31. The van der Waals surface area contributed by atoms with Crippen molar-refractivity contribution in [3.63, 3.8) is 0 Å². The third kappa shape index (κ3) is 5.59. The van der Waals surface area contributed by atoms with Crippen molar-refractivity contribution in [3.05, 3.63) is 24.3 Å². The summed E-state index contributed by atoms with van der Waals surface area (Å²) in [5, 5.41) is 3.39. The Kier molecular flexibility index (Phi) is 6.48. The van der Waals surface area contributed by atoms with Gasteiger partial charge in [0.05, 0.1) is 13.7 Å². The van der Waals surface area contributed by atoms with Crippen LogP contribution in [0, 0.1) is 5.92 Å². The lowest BCUT2D eigenvalue weighted by molar-refractivity contribution is 0.255. The van der Waals surface area contributed by atoms with Crippen LogP contribution >= 0.6 is 0 Å². The van der Waals surface area contributed by atoms with E-state index in [1.54, 1.807) is 7.11 Å². The quantitative estimate of drug-likeness (QED) is 0.705. The first-order valence-corrected chi connectivity index (χ1v) is 6.23. The molecule has 0 heterocycles. The lowest BCUT2D eigenvalue weighted by Gasteiger charge is -2.13. The van der Waals surface area contributed by atoms with Gasteiger partial charge in [0.1, 0.15) is 11.5 Å². The second-order valence-electron chi connectivity index (χ2n) is 4.30. The number of hydrogen-bond donors (Lipinski definition) is 1. The highest BCUT2D eigenvalue weighted by Gasteiger charge is 2.02. The van der Waals surface area contributed by atoms with Crippen LogP contribution in [0.1, 0.15) is 20.3 Å². The summed E-state index contributed by atoms with van der Waals surface area (Å²) in [5.74, 6) is 2.27. The summed E-state index contributed by atoms with van der Waals surface area (Å²) >= 11 is 0. The predicted molar refractivity (Wildman–Crippen MR) is 70.8 cm³/mol. The molecule has 0 aliphatic rings. The summed E-state index contributed by atoms with van der Waals surface area (Å²) in [4.78, 5) is 0. The van der Waals surface area contributed by atoms with E-state index in [9.17, 15) is 0 Å². The van der Waals surface area contributed by atoms with Crippen molar-refractivity contribution in [2.45, 2.75) is 20.3 Å². The lowest BCUT2D eigenvalue weighted by Crippen LogP contribution is -2.25. The number of benzene rings is 1. The summed E-state index contributed by atoms with van der Waals surface area (Å²) in [5.41, 5.74) is 0. The second kappa shape index (κ2) is 7.96. The molecule has 1 atom stereocenters. The van der Waals surface area contributed by atoms with Crippen LogP contribution in [0.4, 0.5) is 0 Å². The van der Waals surface area contributed by atoms with Gasteiger partial charge in [-0.15, -0.1) is 0 Å². The standard InChI is InChI=1S/C14H23NO2/c1-4-9-15-10-12(2)11-17-14-7-5-13(16-3)6-8-14/h5-8,12,15H,4,9-11H2,1-3H3. The molecule has 0 aliphatic heterocycles. The van der Waals surface area contributed by atoms with E-state index in [4.69, 9.17) is 9.47 Å². The predicted octanol–water partition coefficient (Wildman–Crippen LogP) is 2.71. The minimum atomic E-state index is 0.517. The van der Waals surface area contributed by atoms with E-state index in [1.807, 2.05) is 24.3 Å². The summed E-state index contributed by atoms with van der Waals surface area (Å²) in [7, 11) is 1.66. The highest BCUT2D eigenvalue weighted by Crippen LogP contribution is 2.17. The van der Waals surface area contributed by atoms with E-state index >= 15 is 0 Å². The molecule has 1 aromatic rings. The minimum Gasteiger partial charge on any atom is -0.497 e. The first kappa shape index (κ1) is 13.8. The third-order valence-corrected chi connectivity index (χ3v) is 2.51. The van der Waals surface area contributed by atoms with Gasteiger partial charge < -0.3 is 14.8 Å². The van der Waals surface area contributed by atoms with Gasteiger partial charge in [-0.05, 0) is 37.2 Å². The van der Waals surface area contributed by atoms with Crippen molar-refractivity contribution in [2.24, 2.45) is 5.92 Å². The summed E-state index contributed by atoms with van der Waals surface area (Å²) in [6.07, 6.45) is 1.17. The largest absolute Gasteiger partial charge is 0.497 e. The van der Waals surface area contributed by atoms with Gasteiger partial charge in [-0.3, -0.25) is 0 Å². The van der Waals surface area contributed by atoms with E-state index < -0.39 is 0 Å². The molecule has 1 N–H and O–H groups in total. The Hall–Kier alpha value is -1.22. The lowest BCUT2D eigenvalue weighted by atomic mass is 10.2. The van der Waals surface area contributed by atoms with Gasteiger partial charge in [0, 0.05) is 12.5 Å². The molecule has 0 bridgehead atoms. The third-order valence-electron chi connectivity index (χ3n) is 2.51. The summed E-state index contributed by atoms with van der Waals surface area (Å²) in [6.45, 7) is 7.18. The van der Waals surface area contributed by atoms with Crippen molar-refractivity contribution in [1.29, 1.82) is 0 Å². The Morgan fingerprint density at radius 3 is 2.41 bits per heavy atom. The van der Waals surface area contributed by atoms with Crippen LogP contribution in [0.15, 0.2) is 24.3 Å². The Bertz CT molecular complexity index is 298. The molecule has 3 nitrogen and oxygen atoms in total. The molecular weight excluding hydrogens is 214 g/mol. The molecule has 0 saturated carbocycles. The fraction of sp³-hybridized carbons (Fsp3) is 0.571. The Morgan fingerprint density at radius 1 is 1.18 bits per heavy atom. The normalized spacial score (nSPS) is 12.2. The average Bonchev–Trinajstić information content (AvgIpc) is 2.37. The van der Waals surface area contributed by atoms with Gasteiger partial charge >= 0.3 is 0 Å². The molecule has 0 amide bonds. The zero-order chi connectivity index (χ0) is 12.5. The van der Waals surface area contributed by atoms with Crippen LogP contribution in [0.5, 0.6) is 11.5 Å². The molecule has 0 aliphatic carbocycles. The van der Waals surface area contributed by atoms with Gasteiger partial charge in [-0.25, -0.2) is 0 Å². The highest BCUT2D eigenvalue weighted by atomic mass is 16.5. The van der Waals surface area contributed by atoms with Crippen LogP contribution < -0.4 is 14.8 Å². The molecule has 3 heteroatoms. The number of ether oxygens (including phenoxy) is 2. The molecule has 1 unspecified atom stereocenters. The number of methoxy groups -OCH3 is 1. The minimum absolute atomic E-state index is 0.517. The Labute approximate surface area is 104 Å². The van der Waals surface area contributed by atoms with Crippen molar-refractivity contribution in [2.75, 3.05) is 26.8 Å².